The molecule has 1 heterocycles. The first-order chi connectivity index (χ1) is 15.1. The number of amides is 2. The Hall–Kier alpha value is -3.65. The SMILES string of the molecule is Cn1c(CNC(=O)c2ccccc2)nnc1SCC(=O)Nc1ccc2ccccc2c1. The van der Waals surface area contributed by atoms with E-state index in [-0.39, 0.29) is 24.1 Å². The van der Waals surface area contributed by atoms with Crippen LogP contribution in [-0.4, -0.2) is 32.3 Å². The van der Waals surface area contributed by atoms with Crippen LogP contribution in [0.3, 0.4) is 0 Å². The minimum absolute atomic E-state index is 0.123. The first-order valence-corrected chi connectivity index (χ1v) is 10.7. The monoisotopic (exact) mass is 431 g/mol. The van der Waals surface area contributed by atoms with Crippen molar-refractivity contribution >= 4 is 40.0 Å². The quantitative estimate of drug-likeness (QED) is 0.436. The first-order valence-electron chi connectivity index (χ1n) is 9.73. The molecule has 0 fully saturated rings. The molecule has 4 rings (SSSR count). The fourth-order valence-corrected chi connectivity index (χ4v) is 3.80. The maximum absolute atomic E-state index is 12.4. The van der Waals surface area contributed by atoms with Crippen LogP contribution >= 0.6 is 11.8 Å². The summed E-state index contributed by atoms with van der Waals surface area (Å²) in [6, 6.07) is 22.8. The number of fused-ring (bicyclic) bond motifs is 1. The Morgan fingerprint density at radius 3 is 2.48 bits per heavy atom. The lowest BCUT2D eigenvalue weighted by atomic mass is 10.1. The molecule has 2 N–H and O–H groups in total. The van der Waals surface area contributed by atoms with Gasteiger partial charge in [0.15, 0.2) is 11.0 Å². The Morgan fingerprint density at radius 2 is 1.68 bits per heavy atom. The maximum Gasteiger partial charge on any atom is 0.251 e. The van der Waals surface area contributed by atoms with Crippen LogP contribution < -0.4 is 10.6 Å². The molecule has 2 amide bonds. The molecule has 0 radical (unpaired) electrons. The van der Waals surface area contributed by atoms with Gasteiger partial charge in [-0.1, -0.05) is 60.3 Å². The highest BCUT2D eigenvalue weighted by Crippen LogP contribution is 2.20. The fraction of sp³-hybridized carbons (Fsp3) is 0.130. The molecule has 156 valence electrons. The Kier molecular flexibility index (Phi) is 6.28. The molecule has 0 atom stereocenters. The van der Waals surface area contributed by atoms with Crippen molar-refractivity contribution in [1.29, 1.82) is 0 Å². The van der Waals surface area contributed by atoms with Gasteiger partial charge in [0.25, 0.3) is 5.91 Å². The van der Waals surface area contributed by atoms with Gasteiger partial charge in [-0.3, -0.25) is 9.59 Å². The van der Waals surface area contributed by atoms with Crippen LogP contribution in [0.15, 0.2) is 78.0 Å². The molecule has 0 saturated heterocycles. The molecule has 0 spiro atoms. The third-order valence-corrected chi connectivity index (χ3v) is 5.75. The van der Waals surface area contributed by atoms with E-state index in [4.69, 9.17) is 0 Å². The standard InChI is InChI=1S/C23H21N5O2S/c1-28-20(14-24-22(30)17-8-3-2-4-9-17)26-27-23(28)31-15-21(29)25-19-12-11-16-7-5-6-10-18(16)13-19/h2-13H,14-15H2,1H3,(H,24,30)(H,25,29). The molecular formula is C23H21N5O2S. The van der Waals surface area contributed by atoms with Gasteiger partial charge in [0.2, 0.25) is 5.91 Å². The van der Waals surface area contributed by atoms with Gasteiger partial charge in [-0.25, -0.2) is 0 Å². The van der Waals surface area contributed by atoms with Crippen LogP contribution in [0.4, 0.5) is 5.69 Å². The van der Waals surface area contributed by atoms with Gasteiger partial charge < -0.3 is 15.2 Å². The Bertz CT molecular complexity index is 1220. The number of nitrogens with one attached hydrogen (secondary N) is 2. The number of rotatable bonds is 7. The van der Waals surface area contributed by atoms with Crippen molar-refractivity contribution in [2.24, 2.45) is 7.05 Å². The number of nitrogens with zero attached hydrogens (tertiary/aromatic N) is 3. The van der Waals surface area contributed by atoms with Crippen molar-refractivity contribution in [3.8, 4) is 0 Å². The number of anilines is 1. The molecule has 0 aliphatic carbocycles. The third kappa shape index (κ3) is 5.10. The average Bonchev–Trinajstić information content (AvgIpc) is 3.16. The normalized spacial score (nSPS) is 10.7. The summed E-state index contributed by atoms with van der Waals surface area (Å²) in [6.45, 7) is 0.251. The van der Waals surface area contributed by atoms with E-state index >= 15 is 0 Å². The minimum atomic E-state index is -0.174. The van der Waals surface area contributed by atoms with Gasteiger partial charge in [-0.2, -0.15) is 0 Å². The highest BCUT2D eigenvalue weighted by molar-refractivity contribution is 7.99. The van der Waals surface area contributed by atoms with E-state index in [1.54, 1.807) is 16.7 Å². The summed E-state index contributed by atoms with van der Waals surface area (Å²) in [6.07, 6.45) is 0. The van der Waals surface area contributed by atoms with E-state index in [2.05, 4.69) is 20.8 Å². The van der Waals surface area contributed by atoms with Crippen LogP contribution in [0.1, 0.15) is 16.2 Å². The average molecular weight is 432 g/mol. The molecule has 0 aliphatic rings. The summed E-state index contributed by atoms with van der Waals surface area (Å²) in [5.41, 5.74) is 1.34. The van der Waals surface area contributed by atoms with Crippen LogP contribution in [0, 0.1) is 0 Å². The zero-order valence-corrected chi connectivity index (χ0v) is 17.7. The predicted molar refractivity (Wildman–Crippen MR) is 122 cm³/mol. The lowest BCUT2D eigenvalue weighted by Crippen LogP contribution is -2.24. The summed E-state index contributed by atoms with van der Waals surface area (Å²) in [5, 5.41) is 16.8. The van der Waals surface area contributed by atoms with Gasteiger partial charge in [-0.15, -0.1) is 10.2 Å². The predicted octanol–water partition coefficient (Wildman–Crippen LogP) is 3.63. The van der Waals surface area contributed by atoms with Crippen LogP contribution in [-0.2, 0) is 18.4 Å². The molecule has 0 unspecified atom stereocenters. The van der Waals surface area contributed by atoms with Crippen molar-refractivity contribution in [2.75, 3.05) is 11.1 Å². The van der Waals surface area contributed by atoms with E-state index in [1.807, 2.05) is 67.7 Å². The van der Waals surface area contributed by atoms with Crippen molar-refractivity contribution in [1.82, 2.24) is 20.1 Å². The van der Waals surface area contributed by atoms with Gasteiger partial charge in [-0.05, 0) is 35.0 Å². The van der Waals surface area contributed by atoms with Crippen LogP contribution in [0.5, 0.6) is 0 Å². The van der Waals surface area contributed by atoms with E-state index in [0.29, 0.717) is 16.5 Å². The van der Waals surface area contributed by atoms with Crippen molar-refractivity contribution < 1.29 is 9.59 Å². The fourth-order valence-electron chi connectivity index (χ4n) is 3.07. The summed E-state index contributed by atoms with van der Waals surface area (Å²) in [7, 11) is 1.81. The molecule has 0 bridgehead atoms. The number of hydrogen-bond acceptors (Lipinski definition) is 5. The van der Waals surface area contributed by atoms with Gasteiger partial charge >= 0.3 is 0 Å². The third-order valence-electron chi connectivity index (χ3n) is 4.73. The molecule has 0 saturated carbocycles. The molecular weight excluding hydrogens is 410 g/mol. The number of benzene rings is 3. The van der Waals surface area contributed by atoms with Crippen molar-refractivity contribution in [3.05, 3.63) is 84.2 Å². The van der Waals surface area contributed by atoms with Crippen LogP contribution in [0.2, 0.25) is 0 Å². The number of hydrogen-bond donors (Lipinski definition) is 2. The summed E-state index contributed by atoms with van der Waals surface area (Å²) < 4.78 is 1.78. The smallest absolute Gasteiger partial charge is 0.251 e. The number of carbonyl (C=O) groups excluding carboxylic acids is 2. The number of thioether (sulfide) groups is 1. The Morgan fingerprint density at radius 1 is 0.935 bits per heavy atom. The number of carbonyl (C=O) groups is 2. The lowest BCUT2D eigenvalue weighted by Gasteiger charge is -2.07. The number of aromatic nitrogens is 3. The van der Waals surface area contributed by atoms with Crippen LogP contribution in [0.25, 0.3) is 10.8 Å². The van der Waals surface area contributed by atoms with Gasteiger partial charge in [0, 0.05) is 18.3 Å². The molecule has 7 nitrogen and oxygen atoms in total. The minimum Gasteiger partial charge on any atom is -0.345 e. The summed E-state index contributed by atoms with van der Waals surface area (Å²) in [4.78, 5) is 24.5. The Balaban J connectivity index is 1.30. The van der Waals surface area contributed by atoms with Crippen molar-refractivity contribution in [2.45, 2.75) is 11.7 Å². The largest absolute Gasteiger partial charge is 0.345 e. The second-order valence-electron chi connectivity index (χ2n) is 6.91. The first kappa shape index (κ1) is 20.6. The maximum atomic E-state index is 12.4. The summed E-state index contributed by atoms with van der Waals surface area (Å²) >= 11 is 1.29. The summed E-state index contributed by atoms with van der Waals surface area (Å²) in [5.74, 6) is 0.520. The van der Waals surface area contributed by atoms with Gasteiger partial charge in [0.1, 0.15) is 0 Å². The highest BCUT2D eigenvalue weighted by atomic mass is 32.2. The van der Waals surface area contributed by atoms with E-state index in [0.717, 1.165) is 16.5 Å². The second kappa shape index (κ2) is 9.44. The zero-order valence-electron chi connectivity index (χ0n) is 16.9. The van der Waals surface area contributed by atoms with E-state index in [9.17, 15) is 9.59 Å². The molecule has 0 aliphatic heterocycles. The van der Waals surface area contributed by atoms with E-state index in [1.165, 1.54) is 11.8 Å². The van der Waals surface area contributed by atoms with Gasteiger partial charge in [0.05, 0.1) is 12.3 Å². The highest BCUT2D eigenvalue weighted by Gasteiger charge is 2.13. The molecule has 3 aromatic carbocycles. The van der Waals surface area contributed by atoms with E-state index < -0.39 is 0 Å². The lowest BCUT2D eigenvalue weighted by molar-refractivity contribution is -0.113. The Labute approximate surface area is 183 Å². The zero-order chi connectivity index (χ0) is 21.6. The second-order valence-corrected chi connectivity index (χ2v) is 7.85. The molecule has 1 aromatic heterocycles. The molecule has 8 heteroatoms. The van der Waals surface area contributed by atoms with Crippen molar-refractivity contribution in [3.63, 3.8) is 0 Å². The molecule has 31 heavy (non-hydrogen) atoms. The topological polar surface area (TPSA) is 88.9 Å². The molecule has 4 aromatic rings.